The number of aromatic nitrogens is 4. The van der Waals surface area contributed by atoms with E-state index in [0.29, 0.717) is 5.95 Å². The SMILES string of the molecule is CC(N)C(C)(C)Nc1nnnn1-c1ccccc1. The van der Waals surface area contributed by atoms with Gasteiger partial charge in [-0.2, -0.15) is 4.68 Å². The molecule has 6 heteroatoms. The Labute approximate surface area is 106 Å². The molecule has 0 amide bonds. The first-order valence-electron chi connectivity index (χ1n) is 5.88. The van der Waals surface area contributed by atoms with E-state index in [9.17, 15) is 0 Å². The number of rotatable bonds is 4. The molecule has 1 aromatic heterocycles. The summed E-state index contributed by atoms with van der Waals surface area (Å²) in [5, 5.41) is 14.9. The van der Waals surface area contributed by atoms with Crippen LogP contribution in [0.2, 0.25) is 0 Å². The van der Waals surface area contributed by atoms with Gasteiger partial charge in [-0.15, -0.1) is 0 Å². The monoisotopic (exact) mass is 246 g/mol. The van der Waals surface area contributed by atoms with Crippen molar-refractivity contribution in [1.29, 1.82) is 0 Å². The number of hydrogen-bond donors (Lipinski definition) is 2. The number of hydrogen-bond acceptors (Lipinski definition) is 5. The predicted molar refractivity (Wildman–Crippen MR) is 70.5 cm³/mol. The zero-order chi connectivity index (χ0) is 13.2. The number of benzene rings is 1. The summed E-state index contributed by atoms with van der Waals surface area (Å²) < 4.78 is 1.66. The molecule has 1 heterocycles. The van der Waals surface area contributed by atoms with Gasteiger partial charge in [-0.25, -0.2) is 0 Å². The quantitative estimate of drug-likeness (QED) is 0.847. The van der Waals surface area contributed by atoms with E-state index in [-0.39, 0.29) is 11.6 Å². The van der Waals surface area contributed by atoms with Crippen LogP contribution in [0.15, 0.2) is 30.3 Å². The Morgan fingerprint density at radius 1 is 1.28 bits per heavy atom. The van der Waals surface area contributed by atoms with Crippen LogP contribution in [0.4, 0.5) is 5.95 Å². The van der Waals surface area contributed by atoms with E-state index >= 15 is 0 Å². The van der Waals surface area contributed by atoms with Crippen LogP contribution in [0.3, 0.4) is 0 Å². The molecule has 2 aromatic rings. The van der Waals surface area contributed by atoms with Crippen LogP contribution in [0.1, 0.15) is 20.8 Å². The minimum absolute atomic E-state index is 0.0292. The largest absolute Gasteiger partial charge is 0.346 e. The van der Waals surface area contributed by atoms with Crippen molar-refractivity contribution in [2.45, 2.75) is 32.4 Å². The Bertz CT molecular complexity index is 502. The predicted octanol–water partition coefficient (Wildman–Crippen LogP) is 1.20. The molecule has 96 valence electrons. The van der Waals surface area contributed by atoms with E-state index in [0.717, 1.165) is 5.69 Å². The summed E-state index contributed by atoms with van der Waals surface area (Å²) in [4.78, 5) is 0. The lowest BCUT2D eigenvalue weighted by Crippen LogP contribution is -2.47. The Balaban J connectivity index is 2.30. The first-order chi connectivity index (χ1) is 8.50. The fraction of sp³-hybridized carbons (Fsp3) is 0.417. The standard InChI is InChI=1S/C12H18N6/c1-9(13)12(2,3)14-11-15-16-17-18(11)10-7-5-4-6-8-10/h4-9H,13H2,1-3H3,(H,14,15,17). The van der Waals surface area contributed by atoms with Gasteiger partial charge in [0.05, 0.1) is 5.69 Å². The number of para-hydroxylation sites is 1. The summed E-state index contributed by atoms with van der Waals surface area (Å²) in [6.07, 6.45) is 0. The van der Waals surface area contributed by atoms with Crippen LogP contribution in [0.5, 0.6) is 0 Å². The second-order valence-electron chi connectivity index (χ2n) is 4.89. The van der Waals surface area contributed by atoms with Gasteiger partial charge in [-0.1, -0.05) is 23.3 Å². The lowest BCUT2D eigenvalue weighted by atomic mass is 9.97. The molecule has 6 nitrogen and oxygen atoms in total. The Morgan fingerprint density at radius 3 is 2.56 bits per heavy atom. The van der Waals surface area contributed by atoms with Gasteiger partial charge in [0.15, 0.2) is 0 Å². The molecule has 3 N–H and O–H groups in total. The summed E-state index contributed by atoms with van der Waals surface area (Å²) in [6.45, 7) is 5.98. The van der Waals surface area contributed by atoms with E-state index in [2.05, 4.69) is 20.8 Å². The van der Waals surface area contributed by atoms with Crippen molar-refractivity contribution >= 4 is 5.95 Å². The van der Waals surface area contributed by atoms with Crippen molar-refractivity contribution in [3.8, 4) is 5.69 Å². The maximum atomic E-state index is 5.94. The lowest BCUT2D eigenvalue weighted by molar-refractivity contribution is 0.465. The van der Waals surface area contributed by atoms with Gasteiger partial charge in [0.25, 0.3) is 0 Å². The smallest absolute Gasteiger partial charge is 0.248 e. The van der Waals surface area contributed by atoms with Crippen molar-refractivity contribution in [1.82, 2.24) is 20.2 Å². The van der Waals surface area contributed by atoms with Crippen LogP contribution in [0.25, 0.3) is 5.69 Å². The highest BCUT2D eigenvalue weighted by Crippen LogP contribution is 2.17. The number of nitrogens with zero attached hydrogens (tertiary/aromatic N) is 4. The average molecular weight is 246 g/mol. The second-order valence-corrected chi connectivity index (χ2v) is 4.89. The molecule has 1 unspecified atom stereocenters. The van der Waals surface area contributed by atoms with Gasteiger partial charge in [-0.05, 0) is 43.3 Å². The Kier molecular flexibility index (Phi) is 3.29. The molecule has 1 atom stereocenters. The number of anilines is 1. The fourth-order valence-electron chi connectivity index (χ4n) is 1.41. The molecule has 0 fully saturated rings. The van der Waals surface area contributed by atoms with Crippen LogP contribution in [0, 0.1) is 0 Å². The number of tetrazole rings is 1. The minimum atomic E-state index is -0.290. The topological polar surface area (TPSA) is 81.7 Å². The van der Waals surface area contributed by atoms with Gasteiger partial charge >= 0.3 is 0 Å². The first-order valence-corrected chi connectivity index (χ1v) is 5.88. The molecule has 0 spiro atoms. The molecule has 0 aliphatic heterocycles. The van der Waals surface area contributed by atoms with Crippen LogP contribution in [-0.4, -0.2) is 31.8 Å². The minimum Gasteiger partial charge on any atom is -0.346 e. The molecule has 0 saturated carbocycles. The summed E-state index contributed by atoms with van der Waals surface area (Å²) in [5.74, 6) is 0.587. The second kappa shape index (κ2) is 4.73. The molecule has 0 aliphatic rings. The number of nitrogens with one attached hydrogen (secondary N) is 1. The van der Waals surface area contributed by atoms with E-state index < -0.39 is 0 Å². The van der Waals surface area contributed by atoms with E-state index in [1.807, 2.05) is 51.1 Å². The summed E-state index contributed by atoms with van der Waals surface area (Å²) >= 11 is 0. The maximum Gasteiger partial charge on any atom is 0.248 e. The van der Waals surface area contributed by atoms with Gasteiger partial charge in [0, 0.05) is 11.6 Å². The van der Waals surface area contributed by atoms with Crippen molar-refractivity contribution < 1.29 is 0 Å². The first kappa shape index (κ1) is 12.5. The van der Waals surface area contributed by atoms with Crippen molar-refractivity contribution in [3.05, 3.63) is 30.3 Å². The third-order valence-electron chi connectivity index (χ3n) is 3.04. The normalized spacial score (nSPS) is 13.3. The van der Waals surface area contributed by atoms with Crippen LogP contribution < -0.4 is 11.1 Å². The van der Waals surface area contributed by atoms with Gasteiger partial charge < -0.3 is 11.1 Å². The molecule has 0 aliphatic carbocycles. The summed E-state index contributed by atoms with van der Waals surface area (Å²) in [7, 11) is 0. The molecular weight excluding hydrogens is 228 g/mol. The van der Waals surface area contributed by atoms with E-state index in [1.165, 1.54) is 0 Å². The van der Waals surface area contributed by atoms with Gasteiger partial charge in [-0.3, -0.25) is 0 Å². The van der Waals surface area contributed by atoms with Gasteiger partial charge in [0.2, 0.25) is 5.95 Å². The molecule has 18 heavy (non-hydrogen) atoms. The Morgan fingerprint density at radius 2 is 1.94 bits per heavy atom. The van der Waals surface area contributed by atoms with Crippen molar-refractivity contribution in [2.24, 2.45) is 5.73 Å². The molecule has 2 rings (SSSR count). The molecule has 0 bridgehead atoms. The maximum absolute atomic E-state index is 5.94. The zero-order valence-corrected chi connectivity index (χ0v) is 10.8. The third-order valence-corrected chi connectivity index (χ3v) is 3.04. The Hall–Kier alpha value is -1.95. The van der Waals surface area contributed by atoms with Crippen molar-refractivity contribution in [3.63, 3.8) is 0 Å². The van der Waals surface area contributed by atoms with Crippen molar-refractivity contribution in [2.75, 3.05) is 5.32 Å². The van der Waals surface area contributed by atoms with Crippen LogP contribution in [-0.2, 0) is 0 Å². The highest BCUT2D eigenvalue weighted by Gasteiger charge is 2.25. The molecule has 0 radical (unpaired) electrons. The molecular formula is C12H18N6. The summed E-state index contributed by atoms with van der Waals surface area (Å²) in [5.41, 5.74) is 6.55. The highest BCUT2D eigenvalue weighted by molar-refractivity contribution is 5.40. The number of nitrogens with two attached hydrogens (primary N) is 1. The van der Waals surface area contributed by atoms with E-state index in [4.69, 9.17) is 5.73 Å². The van der Waals surface area contributed by atoms with E-state index in [1.54, 1.807) is 4.68 Å². The lowest BCUT2D eigenvalue weighted by Gasteiger charge is -2.30. The fourth-order valence-corrected chi connectivity index (χ4v) is 1.41. The van der Waals surface area contributed by atoms with Crippen LogP contribution >= 0.6 is 0 Å². The molecule has 1 aromatic carbocycles. The molecule has 0 saturated heterocycles. The average Bonchev–Trinajstić information content (AvgIpc) is 2.77. The third kappa shape index (κ3) is 2.48. The van der Waals surface area contributed by atoms with Gasteiger partial charge in [0.1, 0.15) is 0 Å². The highest BCUT2D eigenvalue weighted by atomic mass is 15.6. The summed E-state index contributed by atoms with van der Waals surface area (Å²) in [6, 6.07) is 9.70. The zero-order valence-electron chi connectivity index (χ0n) is 10.8.